The first-order chi connectivity index (χ1) is 15.1. The fourth-order valence-corrected chi connectivity index (χ4v) is 4.00. The van der Waals surface area contributed by atoms with Crippen LogP contribution in [0.15, 0.2) is 54.9 Å². The van der Waals surface area contributed by atoms with Crippen LogP contribution in [-0.4, -0.2) is 45.1 Å². The summed E-state index contributed by atoms with van der Waals surface area (Å²) in [6.07, 6.45) is 7.63. The molecule has 1 N–H and O–H groups in total. The van der Waals surface area contributed by atoms with Crippen LogP contribution in [0.4, 0.5) is 0 Å². The lowest BCUT2D eigenvalue weighted by molar-refractivity contribution is -0.131. The van der Waals surface area contributed by atoms with Crippen molar-refractivity contribution in [3.63, 3.8) is 0 Å². The molecule has 4 rings (SSSR count). The van der Waals surface area contributed by atoms with Crippen molar-refractivity contribution in [3.8, 4) is 0 Å². The van der Waals surface area contributed by atoms with Gasteiger partial charge in [0.1, 0.15) is 6.54 Å². The van der Waals surface area contributed by atoms with Crippen molar-refractivity contribution in [2.75, 3.05) is 13.1 Å². The molecule has 2 aromatic heterocycles. The molecule has 0 spiro atoms. The molecule has 1 saturated heterocycles. The summed E-state index contributed by atoms with van der Waals surface area (Å²) in [5.74, 6) is -1.26. The molecule has 3 heterocycles. The number of fused-ring (bicyclic) bond motifs is 1. The number of carbonyl (C=O) groups is 3. The smallest absolute Gasteiger partial charge is 0.292 e. The first-order valence-electron chi connectivity index (χ1n) is 10.7. The van der Waals surface area contributed by atoms with E-state index < -0.39 is 11.7 Å². The number of benzene rings is 1. The Balaban J connectivity index is 1.52. The highest BCUT2D eigenvalue weighted by Gasteiger charge is 2.23. The van der Waals surface area contributed by atoms with Crippen LogP contribution in [0.2, 0.25) is 0 Å². The largest absolute Gasteiger partial charge is 0.344 e. The van der Waals surface area contributed by atoms with Gasteiger partial charge in [-0.15, -0.1) is 0 Å². The Labute approximate surface area is 181 Å². The lowest BCUT2D eigenvalue weighted by atomic mass is 10.1. The van der Waals surface area contributed by atoms with Gasteiger partial charge in [-0.1, -0.05) is 37.1 Å². The minimum atomic E-state index is -0.688. The number of pyridine rings is 1. The normalized spacial score (nSPS) is 14.3. The fourth-order valence-electron chi connectivity index (χ4n) is 4.00. The van der Waals surface area contributed by atoms with Crippen molar-refractivity contribution < 1.29 is 14.4 Å². The Bertz CT molecular complexity index is 1080. The van der Waals surface area contributed by atoms with Crippen LogP contribution < -0.4 is 5.32 Å². The zero-order valence-electron chi connectivity index (χ0n) is 17.4. The molecule has 0 radical (unpaired) electrons. The Morgan fingerprint density at radius 2 is 1.68 bits per heavy atom. The van der Waals surface area contributed by atoms with Crippen LogP contribution in [0.1, 0.15) is 41.7 Å². The molecule has 0 atom stereocenters. The van der Waals surface area contributed by atoms with Gasteiger partial charge in [0.25, 0.3) is 11.7 Å². The van der Waals surface area contributed by atoms with Gasteiger partial charge in [0.15, 0.2) is 0 Å². The molecule has 0 bridgehead atoms. The zero-order chi connectivity index (χ0) is 21.6. The quantitative estimate of drug-likeness (QED) is 0.493. The van der Waals surface area contributed by atoms with Gasteiger partial charge in [-0.05, 0) is 31.0 Å². The van der Waals surface area contributed by atoms with Crippen LogP contribution in [0.5, 0.6) is 0 Å². The summed E-state index contributed by atoms with van der Waals surface area (Å²) >= 11 is 0. The summed E-state index contributed by atoms with van der Waals surface area (Å²) < 4.78 is 1.78. The summed E-state index contributed by atoms with van der Waals surface area (Å²) in [5.41, 5.74) is 1.75. The second-order valence-electron chi connectivity index (χ2n) is 7.82. The minimum absolute atomic E-state index is 0.0428. The second kappa shape index (κ2) is 9.55. The molecule has 0 unspecified atom stereocenters. The van der Waals surface area contributed by atoms with Gasteiger partial charge in [0.2, 0.25) is 5.91 Å². The number of carbonyl (C=O) groups excluding carboxylic acids is 3. The van der Waals surface area contributed by atoms with Gasteiger partial charge >= 0.3 is 0 Å². The maximum Gasteiger partial charge on any atom is 0.292 e. The van der Waals surface area contributed by atoms with E-state index in [-0.39, 0.29) is 19.0 Å². The van der Waals surface area contributed by atoms with E-state index >= 15 is 0 Å². The van der Waals surface area contributed by atoms with Crippen molar-refractivity contribution in [2.24, 2.45) is 0 Å². The standard InChI is InChI=1S/C24H26N4O3/c29-22(27-13-7-1-2-8-14-27)17-28-16-20(19-10-3-4-11-21(19)28)23(30)24(31)26-15-18-9-5-6-12-25-18/h3-6,9-12,16H,1-2,7-8,13-15,17H2,(H,26,31). The number of nitrogens with zero attached hydrogens (tertiary/aromatic N) is 3. The lowest BCUT2D eigenvalue weighted by Gasteiger charge is -2.20. The van der Waals surface area contributed by atoms with Crippen LogP contribution in [0, 0.1) is 0 Å². The summed E-state index contributed by atoms with van der Waals surface area (Å²) in [4.78, 5) is 44.3. The van der Waals surface area contributed by atoms with Crippen LogP contribution in [0.3, 0.4) is 0 Å². The summed E-state index contributed by atoms with van der Waals surface area (Å²) in [7, 11) is 0. The van der Waals surface area contributed by atoms with Crippen LogP contribution in [0.25, 0.3) is 10.9 Å². The van der Waals surface area contributed by atoms with E-state index in [0.29, 0.717) is 16.6 Å². The molecule has 31 heavy (non-hydrogen) atoms. The highest BCUT2D eigenvalue weighted by atomic mass is 16.2. The van der Waals surface area contributed by atoms with E-state index in [0.717, 1.165) is 44.3 Å². The Kier molecular flexibility index (Phi) is 6.40. The van der Waals surface area contributed by atoms with Gasteiger partial charge < -0.3 is 14.8 Å². The molecule has 3 aromatic rings. The average molecular weight is 418 g/mol. The van der Waals surface area contributed by atoms with Gasteiger partial charge in [-0.25, -0.2) is 0 Å². The average Bonchev–Trinajstić information content (AvgIpc) is 2.97. The number of amides is 2. The number of hydrogen-bond acceptors (Lipinski definition) is 4. The maximum absolute atomic E-state index is 12.9. The molecule has 160 valence electrons. The molecule has 7 heteroatoms. The molecular formula is C24H26N4O3. The van der Waals surface area contributed by atoms with Crippen molar-refractivity contribution in [2.45, 2.75) is 38.8 Å². The number of likely N-dealkylation sites (tertiary alicyclic amines) is 1. The van der Waals surface area contributed by atoms with E-state index in [1.54, 1.807) is 29.1 Å². The van der Waals surface area contributed by atoms with Crippen LogP contribution >= 0.6 is 0 Å². The van der Waals surface area contributed by atoms with Gasteiger partial charge in [0.05, 0.1) is 17.8 Å². The van der Waals surface area contributed by atoms with E-state index in [4.69, 9.17) is 0 Å². The molecule has 0 saturated carbocycles. The summed E-state index contributed by atoms with van der Waals surface area (Å²) in [6.45, 7) is 1.89. The molecule has 1 aliphatic rings. The Hall–Kier alpha value is -3.48. The number of aromatic nitrogens is 2. The first kappa shape index (κ1) is 20.8. The molecule has 2 amide bonds. The van der Waals surface area contributed by atoms with E-state index in [1.807, 2.05) is 35.2 Å². The molecule has 7 nitrogen and oxygen atoms in total. The van der Waals surface area contributed by atoms with Crippen molar-refractivity contribution in [3.05, 3.63) is 66.1 Å². The highest BCUT2D eigenvalue weighted by molar-refractivity contribution is 6.45. The molecule has 0 aliphatic carbocycles. The Morgan fingerprint density at radius 1 is 0.935 bits per heavy atom. The molecular weight excluding hydrogens is 392 g/mol. The second-order valence-corrected chi connectivity index (χ2v) is 7.82. The van der Waals surface area contributed by atoms with Gasteiger partial charge in [0, 0.05) is 36.4 Å². The monoisotopic (exact) mass is 418 g/mol. The number of para-hydroxylation sites is 1. The minimum Gasteiger partial charge on any atom is -0.344 e. The third-order valence-electron chi connectivity index (χ3n) is 5.66. The SMILES string of the molecule is O=C(NCc1ccccn1)C(=O)c1cn(CC(=O)N2CCCCCC2)c2ccccc12. The maximum atomic E-state index is 12.9. The number of nitrogens with one attached hydrogen (secondary N) is 1. The zero-order valence-corrected chi connectivity index (χ0v) is 17.4. The summed E-state index contributed by atoms with van der Waals surface area (Å²) in [5, 5.41) is 3.31. The lowest BCUT2D eigenvalue weighted by Crippen LogP contribution is -2.34. The van der Waals surface area contributed by atoms with Crippen molar-refractivity contribution >= 4 is 28.5 Å². The number of rotatable bonds is 6. The number of Topliss-reactive ketones (excluding diaryl/α,β-unsaturated/α-hetero) is 1. The fraction of sp³-hybridized carbons (Fsp3) is 0.333. The Morgan fingerprint density at radius 3 is 2.42 bits per heavy atom. The third kappa shape index (κ3) is 4.82. The van der Waals surface area contributed by atoms with E-state index in [1.165, 1.54) is 0 Å². The topological polar surface area (TPSA) is 84.3 Å². The highest BCUT2D eigenvalue weighted by Crippen LogP contribution is 2.22. The van der Waals surface area contributed by atoms with Crippen LogP contribution in [-0.2, 0) is 22.7 Å². The molecule has 1 fully saturated rings. The van der Waals surface area contributed by atoms with Gasteiger partial charge in [-0.3, -0.25) is 19.4 Å². The molecule has 1 aliphatic heterocycles. The van der Waals surface area contributed by atoms with E-state index in [9.17, 15) is 14.4 Å². The summed E-state index contributed by atoms with van der Waals surface area (Å²) in [6, 6.07) is 12.8. The van der Waals surface area contributed by atoms with Crippen molar-refractivity contribution in [1.29, 1.82) is 0 Å². The predicted molar refractivity (Wildman–Crippen MR) is 117 cm³/mol. The van der Waals surface area contributed by atoms with E-state index in [2.05, 4.69) is 10.3 Å². The van der Waals surface area contributed by atoms with Gasteiger partial charge in [-0.2, -0.15) is 0 Å². The third-order valence-corrected chi connectivity index (χ3v) is 5.66. The predicted octanol–water partition coefficient (Wildman–Crippen LogP) is 2.94. The first-order valence-corrected chi connectivity index (χ1v) is 10.7. The molecule has 1 aromatic carbocycles. The number of ketones is 1. The number of hydrogen-bond donors (Lipinski definition) is 1. The van der Waals surface area contributed by atoms with Crippen molar-refractivity contribution in [1.82, 2.24) is 19.8 Å².